The fraction of sp³-hybridized carbons (Fsp3) is 0.231. The fourth-order valence-electron chi connectivity index (χ4n) is 2.09. The molecule has 0 aliphatic heterocycles. The van der Waals surface area contributed by atoms with Gasteiger partial charge in [-0.15, -0.1) is 11.3 Å². The van der Waals surface area contributed by atoms with E-state index in [1.165, 1.54) is 4.70 Å². The molecule has 18 heavy (non-hydrogen) atoms. The molecule has 0 fully saturated rings. The number of rotatable bonds is 3. The summed E-state index contributed by atoms with van der Waals surface area (Å²) in [5, 5.41) is 9.82. The van der Waals surface area contributed by atoms with Gasteiger partial charge in [-0.25, -0.2) is 0 Å². The summed E-state index contributed by atoms with van der Waals surface area (Å²) in [5.74, 6) is 0. The van der Waals surface area contributed by atoms with E-state index in [0.717, 1.165) is 16.8 Å². The zero-order valence-corrected chi connectivity index (χ0v) is 11.1. The first-order valence-corrected chi connectivity index (χ1v) is 6.66. The predicted octanol–water partition coefficient (Wildman–Crippen LogP) is 2.34. The van der Waals surface area contributed by atoms with Crippen LogP contribution in [0.5, 0.6) is 0 Å². The Balaban J connectivity index is 2.04. The Morgan fingerprint density at radius 1 is 1.39 bits per heavy atom. The SMILES string of the molecule is CNC(c1cnc2ccsc2c1)c1ccn(C)n1. The normalized spacial score (nSPS) is 13.0. The van der Waals surface area contributed by atoms with E-state index in [0.29, 0.717) is 0 Å². The Labute approximate surface area is 109 Å². The first-order valence-electron chi connectivity index (χ1n) is 5.78. The van der Waals surface area contributed by atoms with E-state index in [-0.39, 0.29) is 6.04 Å². The Morgan fingerprint density at radius 2 is 2.28 bits per heavy atom. The van der Waals surface area contributed by atoms with Crippen molar-refractivity contribution >= 4 is 21.6 Å². The van der Waals surface area contributed by atoms with Gasteiger partial charge in [0.05, 0.1) is 22.0 Å². The second-order valence-corrected chi connectivity index (χ2v) is 5.16. The van der Waals surface area contributed by atoms with E-state index < -0.39 is 0 Å². The van der Waals surface area contributed by atoms with Gasteiger partial charge in [-0.05, 0) is 36.2 Å². The molecule has 1 atom stereocenters. The molecule has 1 unspecified atom stereocenters. The molecule has 3 rings (SSSR count). The van der Waals surface area contributed by atoms with E-state index in [2.05, 4.69) is 26.8 Å². The molecule has 0 spiro atoms. The maximum atomic E-state index is 4.48. The molecule has 3 aromatic heterocycles. The van der Waals surface area contributed by atoms with Crippen LogP contribution < -0.4 is 5.32 Å². The zero-order chi connectivity index (χ0) is 12.5. The number of hydrogen-bond donors (Lipinski definition) is 1. The molecule has 0 aromatic carbocycles. The first-order chi connectivity index (χ1) is 8.78. The van der Waals surface area contributed by atoms with Crippen LogP contribution in [0.3, 0.4) is 0 Å². The van der Waals surface area contributed by atoms with Crippen LogP contribution in [-0.4, -0.2) is 21.8 Å². The summed E-state index contributed by atoms with van der Waals surface area (Å²) < 4.78 is 3.03. The summed E-state index contributed by atoms with van der Waals surface area (Å²) >= 11 is 1.71. The van der Waals surface area contributed by atoms with Crippen LogP contribution >= 0.6 is 11.3 Å². The van der Waals surface area contributed by atoms with Crippen molar-refractivity contribution in [3.63, 3.8) is 0 Å². The third-order valence-corrected chi connectivity index (χ3v) is 3.83. The number of pyridine rings is 1. The third kappa shape index (κ3) is 1.91. The number of aromatic nitrogens is 3. The minimum atomic E-state index is 0.0881. The van der Waals surface area contributed by atoms with Gasteiger partial charge in [-0.1, -0.05) is 0 Å². The molecule has 5 heteroatoms. The fourth-order valence-corrected chi connectivity index (χ4v) is 2.88. The molecular weight excluding hydrogens is 244 g/mol. The molecule has 0 saturated heterocycles. The molecule has 0 aliphatic rings. The van der Waals surface area contributed by atoms with Crippen LogP contribution in [0, 0.1) is 0 Å². The highest BCUT2D eigenvalue weighted by Gasteiger charge is 2.15. The van der Waals surface area contributed by atoms with Crippen molar-refractivity contribution in [2.45, 2.75) is 6.04 Å². The van der Waals surface area contributed by atoms with Crippen molar-refractivity contribution in [1.29, 1.82) is 0 Å². The highest BCUT2D eigenvalue weighted by Crippen LogP contribution is 2.25. The predicted molar refractivity (Wildman–Crippen MR) is 73.7 cm³/mol. The minimum Gasteiger partial charge on any atom is -0.308 e. The summed E-state index contributed by atoms with van der Waals surface area (Å²) in [7, 11) is 3.87. The molecule has 3 heterocycles. The molecule has 92 valence electrons. The van der Waals surface area contributed by atoms with Gasteiger partial charge in [-0.3, -0.25) is 9.67 Å². The lowest BCUT2D eigenvalue weighted by atomic mass is 10.1. The second-order valence-electron chi connectivity index (χ2n) is 4.21. The molecule has 0 saturated carbocycles. The Kier molecular flexibility index (Phi) is 2.85. The lowest BCUT2D eigenvalue weighted by Crippen LogP contribution is -2.18. The third-order valence-electron chi connectivity index (χ3n) is 2.98. The standard InChI is InChI=1S/C13H14N4S/c1-14-13(11-3-5-17(2)16-11)9-7-12-10(15-8-9)4-6-18-12/h3-8,13-14H,1-2H3. The number of nitrogens with zero attached hydrogens (tertiary/aromatic N) is 3. The Hall–Kier alpha value is -1.72. The van der Waals surface area contributed by atoms with E-state index >= 15 is 0 Å². The quantitative estimate of drug-likeness (QED) is 0.784. The summed E-state index contributed by atoms with van der Waals surface area (Å²) in [6, 6.07) is 6.34. The second kappa shape index (κ2) is 4.51. The molecule has 1 N–H and O–H groups in total. The van der Waals surface area contributed by atoms with Crippen LogP contribution in [0.2, 0.25) is 0 Å². The maximum Gasteiger partial charge on any atom is 0.0839 e. The van der Waals surface area contributed by atoms with Crippen LogP contribution in [-0.2, 0) is 7.05 Å². The van der Waals surface area contributed by atoms with Crippen molar-refractivity contribution in [3.8, 4) is 0 Å². The topological polar surface area (TPSA) is 42.7 Å². The highest BCUT2D eigenvalue weighted by atomic mass is 32.1. The zero-order valence-electron chi connectivity index (χ0n) is 10.3. The molecule has 3 aromatic rings. The van der Waals surface area contributed by atoms with Gasteiger partial charge in [0.2, 0.25) is 0 Å². The monoisotopic (exact) mass is 258 g/mol. The molecule has 0 amide bonds. The molecule has 0 aliphatic carbocycles. The smallest absolute Gasteiger partial charge is 0.0839 e. The van der Waals surface area contributed by atoms with Gasteiger partial charge in [0, 0.05) is 19.4 Å². The molecule has 0 bridgehead atoms. The molecular formula is C13H14N4S. The van der Waals surface area contributed by atoms with Crippen LogP contribution in [0.1, 0.15) is 17.3 Å². The van der Waals surface area contributed by atoms with Gasteiger partial charge in [0.15, 0.2) is 0 Å². The summed E-state index contributed by atoms with van der Waals surface area (Å²) in [4.78, 5) is 4.48. The van der Waals surface area contributed by atoms with E-state index in [1.807, 2.05) is 43.3 Å². The van der Waals surface area contributed by atoms with Crippen molar-refractivity contribution in [3.05, 3.63) is 47.2 Å². The number of aryl methyl sites for hydroxylation is 1. The highest BCUT2D eigenvalue weighted by molar-refractivity contribution is 7.17. The number of thiophene rings is 1. The lowest BCUT2D eigenvalue weighted by molar-refractivity contribution is 0.641. The maximum absolute atomic E-state index is 4.48. The lowest BCUT2D eigenvalue weighted by Gasteiger charge is -2.13. The number of hydrogen-bond acceptors (Lipinski definition) is 4. The van der Waals surface area contributed by atoms with Crippen LogP contribution in [0.25, 0.3) is 10.2 Å². The van der Waals surface area contributed by atoms with Gasteiger partial charge in [0.25, 0.3) is 0 Å². The average molecular weight is 258 g/mol. The largest absolute Gasteiger partial charge is 0.308 e. The molecule has 0 radical (unpaired) electrons. The van der Waals surface area contributed by atoms with Crippen LogP contribution in [0.15, 0.2) is 36.0 Å². The number of fused-ring (bicyclic) bond motifs is 1. The van der Waals surface area contributed by atoms with Crippen LogP contribution in [0.4, 0.5) is 0 Å². The van der Waals surface area contributed by atoms with Gasteiger partial charge in [-0.2, -0.15) is 5.10 Å². The van der Waals surface area contributed by atoms with E-state index in [9.17, 15) is 0 Å². The van der Waals surface area contributed by atoms with Crippen molar-refractivity contribution in [1.82, 2.24) is 20.1 Å². The summed E-state index contributed by atoms with van der Waals surface area (Å²) in [6.07, 6.45) is 3.88. The van der Waals surface area contributed by atoms with E-state index in [4.69, 9.17) is 0 Å². The minimum absolute atomic E-state index is 0.0881. The summed E-state index contributed by atoms with van der Waals surface area (Å²) in [5.41, 5.74) is 3.21. The first kappa shape index (κ1) is 11.4. The van der Waals surface area contributed by atoms with Gasteiger partial charge < -0.3 is 5.32 Å². The Morgan fingerprint density at radius 3 is 3.00 bits per heavy atom. The van der Waals surface area contributed by atoms with Crippen molar-refractivity contribution in [2.75, 3.05) is 7.05 Å². The Bertz CT molecular complexity index is 670. The average Bonchev–Trinajstić information content (AvgIpc) is 2.99. The van der Waals surface area contributed by atoms with Gasteiger partial charge >= 0.3 is 0 Å². The summed E-state index contributed by atoms with van der Waals surface area (Å²) in [6.45, 7) is 0. The number of nitrogens with one attached hydrogen (secondary N) is 1. The van der Waals surface area contributed by atoms with Crippen molar-refractivity contribution < 1.29 is 0 Å². The van der Waals surface area contributed by atoms with Gasteiger partial charge in [0.1, 0.15) is 0 Å². The van der Waals surface area contributed by atoms with E-state index in [1.54, 1.807) is 11.3 Å². The molecule has 4 nitrogen and oxygen atoms in total. The van der Waals surface area contributed by atoms with Crippen molar-refractivity contribution in [2.24, 2.45) is 7.05 Å².